The minimum Gasteiger partial charge on any atom is -0.494 e. The molecule has 25 heavy (non-hydrogen) atoms. The van der Waals surface area contributed by atoms with Crippen LogP contribution in [0.25, 0.3) is 0 Å². The Hall–Kier alpha value is -2.39. The molecule has 1 amide bonds. The van der Waals surface area contributed by atoms with Gasteiger partial charge in [0.15, 0.2) is 9.84 Å². The molecule has 0 saturated carbocycles. The standard InChI is InChI=1S/C16H17NO6S2/c1-25(21,22)15-9-11(10-24-15)16(20)17-12-4-6-13(7-5-12)23-8-2-3-14(18)19/h4-7,9-10H,2-3,8H2,1H3,(H,17,20)(H,18,19). The van der Waals surface area contributed by atoms with E-state index in [1.54, 1.807) is 24.3 Å². The largest absolute Gasteiger partial charge is 0.494 e. The van der Waals surface area contributed by atoms with Crippen molar-refractivity contribution >= 4 is 38.7 Å². The lowest BCUT2D eigenvalue weighted by atomic mass is 10.2. The minimum absolute atomic E-state index is 0.0459. The van der Waals surface area contributed by atoms with Crippen molar-refractivity contribution in [2.24, 2.45) is 0 Å². The number of carbonyl (C=O) groups is 2. The van der Waals surface area contributed by atoms with Crippen molar-refractivity contribution in [2.45, 2.75) is 17.1 Å². The molecule has 0 spiro atoms. The number of carboxylic acid groups (broad SMARTS) is 1. The van der Waals surface area contributed by atoms with Gasteiger partial charge >= 0.3 is 5.97 Å². The predicted molar refractivity (Wildman–Crippen MR) is 94.2 cm³/mol. The number of sulfone groups is 1. The van der Waals surface area contributed by atoms with Gasteiger partial charge in [-0.15, -0.1) is 11.3 Å². The molecule has 0 fully saturated rings. The Bertz CT molecular complexity index is 855. The van der Waals surface area contributed by atoms with Crippen molar-refractivity contribution in [2.75, 3.05) is 18.2 Å². The van der Waals surface area contributed by atoms with E-state index < -0.39 is 21.7 Å². The van der Waals surface area contributed by atoms with Gasteiger partial charge in [-0.1, -0.05) is 0 Å². The fourth-order valence-electron chi connectivity index (χ4n) is 1.88. The SMILES string of the molecule is CS(=O)(=O)c1cc(C(=O)Nc2ccc(OCCCC(=O)O)cc2)cs1. The molecule has 1 aromatic heterocycles. The molecule has 0 aliphatic heterocycles. The molecule has 1 heterocycles. The highest BCUT2D eigenvalue weighted by atomic mass is 32.2. The van der Waals surface area contributed by atoms with Gasteiger partial charge in [0.2, 0.25) is 0 Å². The summed E-state index contributed by atoms with van der Waals surface area (Å²) in [6.07, 6.45) is 1.55. The first-order valence-corrected chi connectivity index (χ1v) is 10.1. The topological polar surface area (TPSA) is 110 Å². The van der Waals surface area contributed by atoms with Crippen molar-refractivity contribution < 1.29 is 27.9 Å². The summed E-state index contributed by atoms with van der Waals surface area (Å²) in [5.41, 5.74) is 0.814. The number of aliphatic carboxylic acids is 1. The maximum Gasteiger partial charge on any atom is 0.303 e. The zero-order valence-electron chi connectivity index (χ0n) is 13.4. The summed E-state index contributed by atoms with van der Waals surface area (Å²) in [5.74, 6) is -0.700. The van der Waals surface area contributed by atoms with Crippen LogP contribution in [0.3, 0.4) is 0 Å². The molecule has 0 atom stereocenters. The molecular weight excluding hydrogens is 366 g/mol. The summed E-state index contributed by atoms with van der Waals surface area (Å²) >= 11 is 1.00. The van der Waals surface area contributed by atoms with Crippen LogP contribution in [0.5, 0.6) is 5.75 Å². The van der Waals surface area contributed by atoms with E-state index in [4.69, 9.17) is 9.84 Å². The van der Waals surface area contributed by atoms with Crippen LogP contribution in [0.1, 0.15) is 23.2 Å². The van der Waals surface area contributed by atoms with Crippen LogP contribution in [0.4, 0.5) is 5.69 Å². The Balaban J connectivity index is 1.91. The Morgan fingerprint density at radius 3 is 2.48 bits per heavy atom. The fraction of sp³-hybridized carbons (Fsp3) is 0.250. The monoisotopic (exact) mass is 383 g/mol. The lowest BCUT2D eigenvalue weighted by molar-refractivity contribution is -0.137. The van der Waals surface area contributed by atoms with E-state index in [0.29, 0.717) is 24.5 Å². The maximum absolute atomic E-state index is 12.1. The van der Waals surface area contributed by atoms with E-state index >= 15 is 0 Å². The molecule has 0 aliphatic rings. The Labute approximate surface area is 149 Å². The van der Waals surface area contributed by atoms with Crippen molar-refractivity contribution in [3.8, 4) is 5.75 Å². The summed E-state index contributed by atoms with van der Waals surface area (Å²) in [7, 11) is -3.33. The van der Waals surface area contributed by atoms with E-state index in [1.807, 2.05) is 0 Å². The first kappa shape index (κ1) is 18.9. The quantitative estimate of drug-likeness (QED) is 0.678. The number of anilines is 1. The third kappa shape index (κ3) is 5.87. The molecule has 7 nitrogen and oxygen atoms in total. The molecular formula is C16H17NO6S2. The number of ether oxygens (including phenoxy) is 1. The maximum atomic E-state index is 12.1. The Kier molecular flexibility index (Phi) is 6.16. The van der Waals surface area contributed by atoms with Crippen LogP contribution in [-0.2, 0) is 14.6 Å². The van der Waals surface area contributed by atoms with Crippen LogP contribution in [-0.4, -0.2) is 38.3 Å². The highest BCUT2D eigenvalue weighted by molar-refractivity contribution is 7.92. The van der Waals surface area contributed by atoms with Crippen molar-refractivity contribution in [3.63, 3.8) is 0 Å². The highest BCUT2D eigenvalue weighted by Gasteiger charge is 2.14. The van der Waals surface area contributed by atoms with E-state index in [2.05, 4.69) is 5.32 Å². The molecule has 0 radical (unpaired) electrons. The zero-order valence-corrected chi connectivity index (χ0v) is 15.0. The van der Waals surface area contributed by atoms with Crippen LogP contribution in [0.15, 0.2) is 39.9 Å². The smallest absolute Gasteiger partial charge is 0.303 e. The van der Waals surface area contributed by atoms with Gasteiger partial charge in [0.1, 0.15) is 9.96 Å². The molecule has 0 bridgehead atoms. The first-order chi connectivity index (χ1) is 11.8. The van der Waals surface area contributed by atoms with Gasteiger partial charge in [-0.05, 0) is 36.8 Å². The molecule has 0 unspecified atom stereocenters. The van der Waals surface area contributed by atoms with Crippen LogP contribution >= 0.6 is 11.3 Å². The van der Waals surface area contributed by atoms with Crippen molar-refractivity contribution in [1.29, 1.82) is 0 Å². The van der Waals surface area contributed by atoms with Crippen LogP contribution < -0.4 is 10.1 Å². The van der Waals surface area contributed by atoms with Gasteiger partial charge in [0.25, 0.3) is 5.91 Å². The summed E-state index contributed by atoms with van der Waals surface area (Å²) in [5, 5.41) is 12.7. The van der Waals surface area contributed by atoms with E-state index in [9.17, 15) is 18.0 Å². The second-order valence-corrected chi connectivity index (χ2v) is 8.40. The summed E-state index contributed by atoms with van der Waals surface area (Å²) in [6, 6.07) is 7.95. The minimum atomic E-state index is -3.33. The number of carboxylic acids is 1. The second-order valence-electron chi connectivity index (χ2n) is 5.25. The van der Waals surface area contributed by atoms with Gasteiger partial charge in [-0.3, -0.25) is 9.59 Å². The number of thiophene rings is 1. The first-order valence-electron chi connectivity index (χ1n) is 7.30. The van der Waals surface area contributed by atoms with Crippen LogP contribution in [0.2, 0.25) is 0 Å². The van der Waals surface area contributed by atoms with Gasteiger partial charge in [0.05, 0.1) is 12.2 Å². The second kappa shape index (κ2) is 8.13. The number of carbonyl (C=O) groups excluding carboxylic acids is 1. The summed E-state index contributed by atoms with van der Waals surface area (Å²) in [4.78, 5) is 22.5. The third-order valence-corrected chi connectivity index (χ3v) is 5.89. The normalized spacial score (nSPS) is 11.1. The number of hydrogen-bond acceptors (Lipinski definition) is 6. The van der Waals surface area contributed by atoms with Crippen molar-refractivity contribution in [1.82, 2.24) is 0 Å². The fourth-order valence-corrected chi connectivity index (χ4v) is 3.68. The van der Waals surface area contributed by atoms with Gasteiger partial charge in [-0.25, -0.2) is 8.42 Å². The molecule has 9 heteroatoms. The average molecular weight is 383 g/mol. The molecule has 134 valence electrons. The Morgan fingerprint density at radius 1 is 1.24 bits per heavy atom. The molecule has 0 aliphatic carbocycles. The van der Waals surface area contributed by atoms with Gasteiger partial charge in [0, 0.05) is 23.7 Å². The molecule has 2 rings (SSSR count). The van der Waals surface area contributed by atoms with E-state index in [0.717, 1.165) is 17.6 Å². The number of benzene rings is 1. The van der Waals surface area contributed by atoms with Crippen LogP contribution in [0, 0.1) is 0 Å². The third-order valence-electron chi connectivity index (χ3n) is 3.12. The van der Waals surface area contributed by atoms with Gasteiger partial charge < -0.3 is 15.2 Å². The summed E-state index contributed by atoms with van der Waals surface area (Å²) < 4.78 is 28.4. The number of hydrogen-bond donors (Lipinski definition) is 2. The predicted octanol–water partition coefficient (Wildman–Crippen LogP) is 2.65. The lowest BCUT2D eigenvalue weighted by Crippen LogP contribution is -2.10. The van der Waals surface area contributed by atoms with Crippen molar-refractivity contribution in [3.05, 3.63) is 41.3 Å². The molecule has 2 N–H and O–H groups in total. The van der Waals surface area contributed by atoms with E-state index in [-0.39, 0.29) is 16.2 Å². The zero-order chi connectivity index (χ0) is 18.4. The molecule has 0 saturated heterocycles. The number of nitrogens with one attached hydrogen (secondary N) is 1. The molecule has 1 aromatic carbocycles. The highest BCUT2D eigenvalue weighted by Crippen LogP contribution is 2.22. The number of amides is 1. The Morgan fingerprint density at radius 2 is 1.92 bits per heavy atom. The number of rotatable bonds is 8. The van der Waals surface area contributed by atoms with Gasteiger partial charge in [-0.2, -0.15) is 0 Å². The molecule has 2 aromatic rings. The lowest BCUT2D eigenvalue weighted by Gasteiger charge is -2.07. The summed E-state index contributed by atoms with van der Waals surface area (Å²) in [6.45, 7) is 0.293. The average Bonchev–Trinajstić information content (AvgIpc) is 3.03. The van der Waals surface area contributed by atoms with E-state index in [1.165, 1.54) is 11.4 Å².